The van der Waals surface area contributed by atoms with Crippen molar-refractivity contribution in [1.29, 1.82) is 0 Å². The third-order valence-electron chi connectivity index (χ3n) is 4.32. The van der Waals surface area contributed by atoms with Gasteiger partial charge in [0.15, 0.2) is 5.79 Å². The molecule has 2 heterocycles. The number of nitrogens with one attached hydrogen (secondary N) is 1. The molecule has 1 atom stereocenters. The Kier molecular flexibility index (Phi) is 5.15. The van der Waals surface area contributed by atoms with Crippen molar-refractivity contribution in [2.45, 2.75) is 32.6 Å². The van der Waals surface area contributed by atoms with E-state index in [0.29, 0.717) is 37.2 Å². The number of hydrogen-bond acceptors (Lipinski definition) is 5. The number of rotatable bonds is 6. The monoisotopic (exact) mass is 345 g/mol. The summed E-state index contributed by atoms with van der Waals surface area (Å²) in [5, 5.41) is 2.88. The number of ether oxygens (including phenoxy) is 2. The van der Waals surface area contributed by atoms with E-state index in [2.05, 4.69) is 10.3 Å². The molecule has 1 aromatic heterocycles. The van der Waals surface area contributed by atoms with Crippen LogP contribution in [0.4, 0.5) is 0 Å². The van der Waals surface area contributed by atoms with Gasteiger partial charge in [0.1, 0.15) is 6.54 Å². The maximum absolute atomic E-state index is 12.3. The van der Waals surface area contributed by atoms with E-state index in [4.69, 9.17) is 9.47 Å². The largest absolute Gasteiger partial charge is 0.354 e. The predicted molar refractivity (Wildman–Crippen MR) is 93.1 cm³/mol. The van der Waals surface area contributed by atoms with Gasteiger partial charge in [-0.1, -0.05) is 19.1 Å². The summed E-state index contributed by atoms with van der Waals surface area (Å²) in [4.78, 5) is 28.4. The molecule has 0 bridgehead atoms. The maximum Gasteiger partial charge on any atom is 0.269 e. The van der Waals surface area contributed by atoms with Crippen molar-refractivity contribution in [3.05, 3.63) is 40.8 Å². The first-order valence-electron chi connectivity index (χ1n) is 8.46. The summed E-state index contributed by atoms with van der Waals surface area (Å²) in [6.07, 6.45) is 1.94. The van der Waals surface area contributed by atoms with Gasteiger partial charge in [0.2, 0.25) is 5.91 Å². The smallest absolute Gasteiger partial charge is 0.269 e. The molecule has 1 aromatic carbocycles. The van der Waals surface area contributed by atoms with Crippen LogP contribution < -0.4 is 10.9 Å². The second kappa shape index (κ2) is 7.33. The Hall–Kier alpha value is -2.25. The number of fused-ring (bicyclic) bond motifs is 1. The van der Waals surface area contributed by atoms with Crippen LogP contribution in [0.5, 0.6) is 0 Å². The lowest BCUT2D eigenvalue weighted by atomic mass is 10.0. The molecule has 2 aromatic rings. The highest BCUT2D eigenvalue weighted by molar-refractivity contribution is 5.79. The van der Waals surface area contributed by atoms with Gasteiger partial charge in [0, 0.05) is 13.0 Å². The molecule has 0 radical (unpaired) electrons. The van der Waals surface area contributed by atoms with E-state index in [9.17, 15) is 9.59 Å². The van der Waals surface area contributed by atoms with Crippen molar-refractivity contribution in [2.75, 3.05) is 19.8 Å². The molecule has 1 aliphatic rings. The molecule has 0 spiro atoms. The number of carbonyl (C=O) groups excluding carboxylic acids is 1. The zero-order valence-electron chi connectivity index (χ0n) is 14.5. The van der Waals surface area contributed by atoms with Gasteiger partial charge in [-0.15, -0.1) is 0 Å². The average molecular weight is 345 g/mol. The molecule has 7 nitrogen and oxygen atoms in total. The van der Waals surface area contributed by atoms with Crippen LogP contribution in [-0.4, -0.2) is 41.0 Å². The SMILES string of the molecule is C[C@H](CNC(=O)Cn1c(=O)cnc2ccccc21)CC1(C)OCCO1. The van der Waals surface area contributed by atoms with Gasteiger partial charge >= 0.3 is 0 Å². The molecule has 1 aliphatic heterocycles. The summed E-state index contributed by atoms with van der Waals surface area (Å²) in [6.45, 7) is 5.63. The summed E-state index contributed by atoms with van der Waals surface area (Å²) < 4.78 is 12.6. The number of amides is 1. The predicted octanol–water partition coefficient (Wildman–Crippen LogP) is 1.30. The van der Waals surface area contributed by atoms with Crippen LogP contribution >= 0.6 is 0 Å². The minimum absolute atomic E-state index is 0.0289. The first-order valence-corrected chi connectivity index (χ1v) is 8.46. The lowest BCUT2D eigenvalue weighted by Gasteiger charge is -2.26. The van der Waals surface area contributed by atoms with Crippen molar-refractivity contribution in [2.24, 2.45) is 5.92 Å². The summed E-state index contributed by atoms with van der Waals surface area (Å²) >= 11 is 0. The number of nitrogens with zero attached hydrogens (tertiary/aromatic N) is 2. The molecule has 134 valence electrons. The fourth-order valence-corrected chi connectivity index (χ4v) is 3.15. The van der Waals surface area contributed by atoms with Crippen molar-refractivity contribution < 1.29 is 14.3 Å². The number of hydrogen-bond donors (Lipinski definition) is 1. The number of para-hydroxylation sites is 2. The highest BCUT2D eigenvalue weighted by Gasteiger charge is 2.32. The summed E-state index contributed by atoms with van der Waals surface area (Å²) in [5.41, 5.74) is 1.05. The summed E-state index contributed by atoms with van der Waals surface area (Å²) in [5.74, 6) is -0.579. The molecule has 0 aliphatic carbocycles. The molecule has 0 saturated carbocycles. The Morgan fingerprint density at radius 1 is 1.36 bits per heavy atom. The Morgan fingerprint density at radius 2 is 2.08 bits per heavy atom. The van der Waals surface area contributed by atoms with Crippen LogP contribution in [0.2, 0.25) is 0 Å². The molecule has 25 heavy (non-hydrogen) atoms. The van der Waals surface area contributed by atoms with Crippen LogP contribution in [0.25, 0.3) is 11.0 Å². The number of aromatic nitrogens is 2. The summed E-state index contributed by atoms with van der Waals surface area (Å²) in [6, 6.07) is 7.27. The fraction of sp³-hybridized carbons (Fsp3) is 0.500. The molecule has 1 amide bonds. The van der Waals surface area contributed by atoms with Gasteiger partial charge in [-0.25, -0.2) is 4.98 Å². The maximum atomic E-state index is 12.3. The quantitative estimate of drug-likeness (QED) is 0.853. The van der Waals surface area contributed by atoms with Gasteiger partial charge in [-0.3, -0.25) is 14.2 Å². The first kappa shape index (κ1) is 17.6. The van der Waals surface area contributed by atoms with E-state index < -0.39 is 5.79 Å². The van der Waals surface area contributed by atoms with Gasteiger partial charge < -0.3 is 14.8 Å². The van der Waals surface area contributed by atoms with E-state index in [-0.39, 0.29) is 23.9 Å². The highest BCUT2D eigenvalue weighted by atomic mass is 16.7. The van der Waals surface area contributed by atoms with Crippen LogP contribution in [0.15, 0.2) is 35.3 Å². The van der Waals surface area contributed by atoms with Crippen LogP contribution in [0, 0.1) is 5.92 Å². The fourth-order valence-electron chi connectivity index (χ4n) is 3.15. The standard InChI is InChI=1S/C18H23N3O4/c1-13(9-18(2)24-7-8-25-18)10-20-16(22)12-21-15-6-4-3-5-14(15)19-11-17(21)23/h3-6,11,13H,7-10,12H2,1-2H3,(H,20,22)/t13-/m0/s1. The van der Waals surface area contributed by atoms with Crippen molar-refractivity contribution in [1.82, 2.24) is 14.9 Å². The molecule has 7 heteroatoms. The van der Waals surface area contributed by atoms with Gasteiger partial charge in [0.05, 0.1) is 30.4 Å². The van der Waals surface area contributed by atoms with E-state index >= 15 is 0 Å². The molecule has 1 fully saturated rings. The van der Waals surface area contributed by atoms with E-state index in [1.807, 2.05) is 32.0 Å². The minimum Gasteiger partial charge on any atom is -0.354 e. The molecule has 1 N–H and O–H groups in total. The topological polar surface area (TPSA) is 82.5 Å². The Morgan fingerprint density at radius 3 is 2.84 bits per heavy atom. The van der Waals surface area contributed by atoms with Crippen LogP contribution in [-0.2, 0) is 20.8 Å². The lowest BCUT2D eigenvalue weighted by molar-refractivity contribution is -0.154. The number of benzene rings is 1. The normalized spacial score (nSPS) is 17.5. The van der Waals surface area contributed by atoms with Crippen molar-refractivity contribution in [3.8, 4) is 0 Å². The van der Waals surface area contributed by atoms with Gasteiger partial charge in [-0.2, -0.15) is 0 Å². The second-order valence-corrected chi connectivity index (χ2v) is 6.62. The number of carbonyl (C=O) groups is 1. The van der Waals surface area contributed by atoms with Crippen molar-refractivity contribution in [3.63, 3.8) is 0 Å². The Labute approximate surface area is 146 Å². The molecular weight excluding hydrogens is 322 g/mol. The van der Waals surface area contributed by atoms with E-state index in [1.54, 1.807) is 6.07 Å². The zero-order valence-corrected chi connectivity index (χ0v) is 14.5. The third-order valence-corrected chi connectivity index (χ3v) is 4.32. The van der Waals surface area contributed by atoms with Gasteiger partial charge in [-0.05, 0) is 25.0 Å². The van der Waals surface area contributed by atoms with Gasteiger partial charge in [0.25, 0.3) is 5.56 Å². The third kappa shape index (κ3) is 4.24. The highest BCUT2D eigenvalue weighted by Crippen LogP contribution is 2.26. The second-order valence-electron chi connectivity index (χ2n) is 6.62. The van der Waals surface area contributed by atoms with Crippen LogP contribution in [0.1, 0.15) is 20.3 Å². The zero-order chi connectivity index (χ0) is 17.9. The molecule has 3 rings (SSSR count). The molecule has 1 saturated heterocycles. The summed E-state index contributed by atoms with van der Waals surface area (Å²) in [7, 11) is 0. The minimum atomic E-state index is -0.567. The lowest BCUT2D eigenvalue weighted by Crippen LogP contribution is -2.37. The van der Waals surface area contributed by atoms with Crippen molar-refractivity contribution >= 4 is 16.9 Å². The average Bonchev–Trinajstić information content (AvgIpc) is 3.01. The van der Waals surface area contributed by atoms with E-state index in [1.165, 1.54) is 10.8 Å². The Balaban J connectivity index is 1.60. The molecule has 0 unspecified atom stereocenters. The molecular formula is C18H23N3O4. The first-order chi connectivity index (χ1) is 12.0. The van der Waals surface area contributed by atoms with E-state index in [0.717, 1.165) is 0 Å². The van der Waals surface area contributed by atoms with Crippen LogP contribution in [0.3, 0.4) is 0 Å². The Bertz CT molecular complexity index is 811.